The van der Waals surface area contributed by atoms with Crippen LogP contribution in [0.5, 0.6) is 5.75 Å². The van der Waals surface area contributed by atoms with Crippen molar-refractivity contribution >= 4 is 0 Å². The van der Waals surface area contributed by atoms with E-state index in [9.17, 15) is 10.2 Å². The van der Waals surface area contributed by atoms with E-state index in [1.54, 1.807) is 18.2 Å². The summed E-state index contributed by atoms with van der Waals surface area (Å²) in [7, 11) is 0. The number of aliphatic hydroxyl groups is 1. The van der Waals surface area contributed by atoms with E-state index in [0.717, 1.165) is 30.8 Å². The van der Waals surface area contributed by atoms with Gasteiger partial charge in [-0.25, -0.2) is 0 Å². The molecule has 2 heterocycles. The number of nitrogens with zero attached hydrogens (tertiary/aromatic N) is 2. The second kappa shape index (κ2) is 11.5. The molecule has 0 bridgehead atoms. The first-order chi connectivity index (χ1) is 17.6. The molecule has 2 N–H and O–H groups in total. The summed E-state index contributed by atoms with van der Waals surface area (Å²) >= 11 is 0. The maximum Gasteiger partial charge on any atom is 0.167 e. The highest BCUT2D eigenvalue weighted by molar-refractivity contribution is 5.59. The lowest BCUT2D eigenvalue weighted by Crippen LogP contribution is -2.46. The fourth-order valence-corrected chi connectivity index (χ4v) is 4.82. The lowest BCUT2D eigenvalue weighted by atomic mass is 9.97. The van der Waals surface area contributed by atoms with Crippen LogP contribution in [0.1, 0.15) is 29.7 Å². The van der Waals surface area contributed by atoms with Gasteiger partial charge in [0.2, 0.25) is 0 Å². The molecule has 3 atom stereocenters. The molecule has 5 rings (SSSR count). The van der Waals surface area contributed by atoms with Gasteiger partial charge in [-0.2, -0.15) is 0 Å². The predicted molar refractivity (Wildman–Crippen MR) is 138 cm³/mol. The Kier molecular flexibility index (Phi) is 7.76. The normalized spacial score (nSPS) is 20.0. The Morgan fingerprint density at radius 2 is 1.53 bits per heavy atom. The van der Waals surface area contributed by atoms with Crippen molar-refractivity contribution in [2.45, 2.75) is 50.7 Å². The van der Waals surface area contributed by atoms with Crippen molar-refractivity contribution in [3.05, 3.63) is 108 Å². The Morgan fingerprint density at radius 3 is 2.19 bits per heavy atom. The molecule has 0 unspecified atom stereocenters. The number of benzene rings is 3. The van der Waals surface area contributed by atoms with Crippen molar-refractivity contribution in [2.24, 2.45) is 0 Å². The van der Waals surface area contributed by atoms with Gasteiger partial charge in [0.05, 0.1) is 24.0 Å². The number of hydrogen-bond donors (Lipinski definition) is 2. The Labute approximate surface area is 211 Å². The quantitative estimate of drug-likeness (QED) is 0.340. The molecular weight excluding hydrogens is 452 g/mol. The van der Waals surface area contributed by atoms with Crippen LogP contribution in [0.4, 0.5) is 0 Å². The number of phenols is 1. The number of rotatable bonds is 9. The largest absolute Gasteiger partial charge is 0.508 e. The van der Waals surface area contributed by atoms with E-state index in [2.05, 4.69) is 58.6 Å². The van der Waals surface area contributed by atoms with Gasteiger partial charge in [-0.3, -0.25) is 4.90 Å². The van der Waals surface area contributed by atoms with Gasteiger partial charge in [-0.05, 0) is 36.1 Å². The van der Waals surface area contributed by atoms with E-state index < -0.39 is 6.10 Å². The van der Waals surface area contributed by atoms with Gasteiger partial charge in [-0.1, -0.05) is 78.0 Å². The van der Waals surface area contributed by atoms with Crippen molar-refractivity contribution in [3.8, 4) is 17.1 Å². The third kappa shape index (κ3) is 6.40. The SMILES string of the molecule is Oc1cccc(-c2cc(C[C@@H]3CC[C@H](O)[C@@H](CN(Cc4ccccc4)Cc4ccccc4)O3)no2)c1. The highest BCUT2D eigenvalue weighted by Crippen LogP contribution is 2.27. The molecule has 1 aromatic heterocycles. The summed E-state index contributed by atoms with van der Waals surface area (Å²) in [6.07, 6.45) is 1.24. The van der Waals surface area contributed by atoms with Crippen LogP contribution in [-0.2, 0) is 24.2 Å². The minimum absolute atomic E-state index is 0.0455. The molecule has 4 aromatic rings. The Morgan fingerprint density at radius 1 is 0.833 bits per heavy atom. The number of aliphatic hydroxyl groups excluding tert-OH is 1. The third-order valence-corrected chi connectivity index (χ3v) is 6.64. The van der Waals surface area contributed by atoms with E-state index in [1.807, 2.05) is 24.3 Å². The van der Waals surface area contributed by atoms with Gasteiger partial charge >= 0.3 is 0 Å². The second-order valence-corrected chi connectivity index (χ2v) is 9.52. The van der Waals surface area contributed by atoms with E-state index in [4.69, 9.17) is 9.26 Å². The fourth-order valence-electron chi connectivity index (χ4n) is 4.82. The molecule has 3 aromatic carbocycles. The van der Waals surface area contributed by atoms with Crippen molar-refractivity contribution in [1.29, 1.82) is 0 Å². The van der Waals surface area contributed by atoms with E-state index in [0.29, 0.717) is 25.1 Å². The van der Waals surface area contributed by atoms with Crippen LogP contribution in [0.15, 0.2) is 95.5 Å². The minimum atomic E-state index is -0.504. The maximum absolute atomic E-state index is 10.8. The summed E-state index contributed by atoms with van der Waals surface area (Å²) in [5.41, 5.74) is 4.05. The average molecular weight is 485 g/mol. The van der Waals surface area contributed by atoms with Crippen LogP contribution in [-0.4, -0.2) is 45.1 Å². The Bertz CT molecular complexity index is 1190. The molecular formula is C30H32N2O4. The first kappa shape index (κ1) is 24.3. The van der Waals surface area contributed by atoms with Gasteiger partial charge in [0, 0.05) is 37.7 Å². The van der Waals surface area contributed by atoms with Crippen molar-refractivity contribution in [1.82, 2.24) is 10.1 Å². The molecule has 0 aliphatic carbocycles. The number of ether oxygens (including phenoxy) is 1. The standard InChI is InChI=1S/C30H32N2O4/c33-26-13-7-12-24(16-26)29-18-25(31-36-29)17-27-14-15-28(34)30(35-27)21-32(19-22-8-3-1-4-9-22)20-23-10-5-2-6-11-23/h1-13,16,18,27-28,30,33-34H,14-15,17,19-21H2/t27-,28-,30+/m0/s1. The molecule has 1 saturated heterocycles. The zero-order valence-corrected chi connectivity index (χ0v) is 20.2. The highest BCUT2D eigenvalue weighted by atomic mass is 16.5. The minimum Gasteiger partial charge on any atom is -0.508 e. The number of hydrogen-bond acceptors (Lipinski definition) is 6. The molecule has 186 valence electrons. The van der Waals surface area contributed by atoms with E-state index in [-0.39, 0.29) is 18.0 Å². The number of phenolic OH excluding ortho intramolecular Hbond substituents is 1. The van der Waals surface area contributed by atoms with Gasteiger partial charge in [0.15, 0.2) is 5.76 Å². The van der Waals surface area contributed by atoms with Crippen LogP contribution < -0.4 is 0 Å². The summed E-state index contributed by atoms with van der Waals surface area (Å²) < 4.78 is 11.9. The molecule has 1 aliphatic rings. The maximum atomic E-state index is 10.8. The summed E-state index contributed by atoms with van der Waals surface area (Å²) in [5, 5.41) is 24.8. The van der Waals surface area contributed by atoms with Crippen LogP contribution in [0.3, 0.4) is 0 Å². The highest BCUT2D eigenvalue weighted by Gasteiger charge is 2.32. The van der Waals surface area contributed by atoms with Gasteiger partial charge in [0.1, 0.15) is 5.75 Å². The molecule has 0 spiro atoms. The predicted octanol–water partition coefficient (Wildman–Crippen LogP) is 5.20. The average Bonchev–Trinajstić information content (AvgIpc) is 3.36. The molecule has 0 amide bonds. The summed E-state index contributed by atoms with van der Waals surface area (Å²) in [4.78, 5) is 2.34. The van der Waals surface area contributed by atoms with E-state index >= 15 is 0 Å². The lowest BCUT2D eigenvalue weighted by Gasteiger charge is -2.37. The molecule has 1 aliphatic heterocycles. The molecule has 0 radical (unpaired) electrons. The smallest absolute Gasteiger partial charge is 0.167 e. The summed E-state index contributed by atoms with van der Waals surface area (Å²) in [6.45, 7) is 2.20. The first-order valence-electron chi connectivity index (χ1n) is 12.5. The van der Waals surface area contributed by atoms with E-state index in [1.165, 1.54) is 11.1 Å². The van der Waals surface area contributed by atoms with Crippen LogP contribution in [0.2, 0.25) is 0 Å². The number of aromatic nitrogens is 1. The second-order valence-electron chi connectivity index (χ2n) is 9.52. The third-order valence-electron chi connectivity index (χ3n) is 6.64. The van der Waals surface area contributed by atoms with Crippen LogP contribution >= 0.6 is 0 Å². The first-order valence-corrected chi connectivity index (χ1v) is 12.5. The Balaban J connectivity index is 1.25. The summed E-state index contributed by atoms with van der Waals surface area (Å²) in [5.74, 6) is 0.804. The zero-order valence-electron chi connectivity index (χ0n) is 20.2. The molecule has 0 saturated carbocycles. The molecule has 6 heteroatoms. The van der Waals surface area contributed by atoms with Gasteiger partial charge in [0.25, 0.3) is 0 Å². The van der Waals surface area contributed by atoms with Crippen LogP contribution in [0, 0.1) is 0 Å². The van der Waals surface area contributed by atoms with Crippen LogP contribution in [0.25, 0.3) is 11.3 Å². The van der Waals surface area contributed by atoms with Crippen molar-refractivity contribution in [3.63, 3.8) is 0 Å². The molecule has 36 heavy (non-hydrogen) atoms. The number of aromatic hydroxyl groups is 1. The van der Waals surface area contributed by atoms with Gasteiger partial charge < -0.3 is 19.5 Å². The molecule has 1 fully saturated rings. The van der Waals surface area contributed by atoms with Crippen molar-refractivity contribution < 1.29 is 19.5 Å². The monoisotopic (exact) mass is 484 g/mol. The Hall–Kier alpha value is -3.45. The molecule has 6 nitrogen and oxygen atoms in total. The topological polar surface area (TPSA) is 79.0 Å². The van der Waals surface area contributed by atoms with Gasteiger partial charge in [-0.15, -0.1) is 0 Å². The van der Waals surface area contributed by atoms with Crippen molar-refractivity contribution in [2.75, 3.05) is 6.54 Å². The summed E-state index contributed by atoms with van der Waals surface area (Å²) in [6, 6.07) is 29.6. The fraction of sp³-hybridized carbons (Fsp3) is 0.300. The zero-order chi connectivity index (χ0) is 24.7. The lowest BCUT2D eigenvalue weighted by molar-refractivity contribution is -0.127.